The van der Waals surface area contributed by atoms with E-state index in [1.165, 1.54) is 7.11 Å². The number of esters is 2. The molecule has 2 aliphatic carbocycles. The molecule has 8 heteroatoms. The summed E-state index contributed by atoms with van der Waals surface area (Å²) in [6.45, 7) is 1.36. The van der Waals surface area contributed by atoms with Crippen molar-refractivity contribution in [1.29, 1.82) is 0 Å². The fourth-order valence-electron chi connectivity index (χ4n) is 5.88. The number of hydrogen-bond donors (Lipinski definition) is 3. The first kappa shape index (κ1) is 16.3. The standard InChI is InChI=1S/C16H22O8/c1-8-3-4-16(21)13(8)5-9(24-11(18)10(13)17)15(20,7-22-2)14(16)6-23-12(14)19/h8-10,17,20-21H,3-7H2,1-2H3/t8-,9+,10+,13-,14+,15+,16-/m1/s1. The highest BCUT2D eigenvalue weighted by Gasteiger charge is 2.88. The predicted molar refractivity (Wildman–Crippen MR) is 76.5 cm³/mol. The minimum absolute atomic E-state index is 0.0759. The van der Waals surface area contributed by atoms with E-state index in [1.54, 1.807) is 0 Å². The Hall–Kier alpha value is -1.22. The summed E-state index contributed by atoms with van der Waals surface area (Å²) in [7, 11) is 1.36. The first-order valence-corrected chi connectivity index (χ1v) is 8.21. The third kappa shape index (κ3) is 1.31. The van der Waals surface area contributed by atoms with Crippen molar-refractivity contribution in [3.05, 3.63) is 0 Å². The van der Waals surface area contributed by atoms with E-state index >= 15 is 0 Å². The molecule has 3 N–H and O–H groups in total. The number of hydrogen-bond acceptors (Lipinski definition) is 8. The van der Waals surface area contributed by atoms with E-state index in [0.29, 0.717) is 6.42 Å². The minimum Gasteiger partial charge on any atom is -0.464 e. The average molecular weight is 342 g/mol. The van der Waals surface area contributed by atoms with E-state index in [0.717, 1.165) is 0 Å². The number of rotatable bonds is 2. The molecule has 0 aromatic carbocycles. The zero-order chi connectivity index (χ0) is 17.5. The Morgan fingerprint density at radius 1 is 1.33 bits per heavy atom. The molecule has 0 aromatic heterocycles. The molecular weight excluding hydrogens is 320 g/mol. The summed E-state index contributed by atoms with van der Waals surface area (Å²) in [5.41, 5.74) is -6.59. The third-order valence-corrected chi connectivity index (χ3v) is 7.19. The lowest BCUT2D eigenvalue weighted by Gasteiger charge is -2.69. The van der Waals surface area contributed by atoms with E-state index < -0.39 is 46.2 Å². The second-order valence-electron chi connectivity index (χ2n) is 7.71. The van der Waals surface area contributed by atoms with Crippen LogP contribution in [0.15, 0.2) is 0 Å². The molecule has 2 saturated carbocycles. The molecule has 2 aliphatic heterocycles. The van der Waals surface area contributed by atoms with Crippen LogP contribution in [-0.2, 0) is 23.8 Å². The lowest BCUT2D eigenvalue weighted by Crippen LogP contribution is -2.87. The van der Waals surface area contributed by atoms with Gasteiger partial charge in [-0.05, 0) is 25.2 Å². The SMILES string of the molecule is COC[C@]1(O)[C@@H]2C[C@@]3([C@H](C)CC[C@]3(O)[C@]13COC3=O)[C@@H](O)C(=O)O2. The van der Waals surface area contributed by atoms with Crippen LogP contribution in [0.3, 0.4) is 0 Å². The summed E-state index contributed by atoms with van der Waals surface area (Å²) in [6, 6.07) is 0. The van der Waals surface area contributed by atoms with E-state index in [2.05, 4.69) is 0 Å². The number of methoxy groups -OCH3 is 1. The number of fused-ring (bicyclic) bond motifs is 2. The van der Waals surface area contributed by atoms with Crippen molar-refractivity contribution >= 4 is 11.9 Å². The molecule has 24 heavy (non-hydrogen) atoms. The number of ether oxygens (including phenoxy) is 3. The zero-order valence-electron chi connectivity index (χ0n) is 13.7. The number of aliphatic hydroxyl groups is 3. The Balaban J connectivity index is 1.99. The van der Waals surface area contributed by atoms with Crippen molar-refractivity contribution in [2.45, 2.75) is 49.6 Å². The maximum Gasteiger partial charge on any atom is 0.336 e. The van der Waals surface area contributed by atoms with Crippen LogP contribution in [0.25, 0.3) is 0 Å². The van der Waals surface area contributed by atoms with Gasteiger partial charge in [-0.1, -0.05) is 6.92 Å². The summed E-state index contributed by atoms with van der Waals surface area (Å²) in [6.07, 6.45) is -1.82. The van der Waals surface area contributed by atoms with Crippen LogP contribution >= 0.6 is 0 Å². The van der Waals surface area contributed by atoms with Crippen molar-refractivity contribution in [2.24, 2.45) is 16.7 Å². The second kappa shape index (κ2) is 4.49. The summed E-state index contributed by atoms with van der Waals surface area (Å²) in [4.78, 5) is 24.8. The van der Waals surface area contributed by atoms with E-state index in [9.17, 15) is 24.9 Å². The van der Waals surface area contributed by atoms with Gasteiger partial charge in [0.15, 0.2) is 11.5 Å². The Morgan fingerprint density at radius 2 is 2.04 bits per heavy atom. The summed E-state index contributed by atoms with van der Waals surface area (Å²) < 4.78 is 15.4. The normalized spacial score (nSPS) is 55.6. The summed E-state index contributed by atoms with van der Waals surface area (Å²) in [5.74, 6) is -1.83. The van der Waals surface area contributed by atoms with Crippen molar-refractivity contribution in [1.82, 2.24) is 0 Å². The van der Waals surface area contributed by atoms with Crippen LogP contribution in [0.2, 0.25) is 0 Å². The largest absolute Gasteiger partial charge is 0.464 e. The van der Waals surface area contributed by atoms with Crippen LogP contribution in [0.4, 0.5) is 0 Å². The van der Waals surface area contributed by atoms with Crippen molar-refractivity contribution in [3.63, 3.8) is 0 Å². The molecule has 8 nitrogen and oxygen atoms in total. The average Bonchev–Trinajstić information content (AvgIpc) is 2.77. The highest BCUT2D eigenvalue weighted by atomic mass is 16.6. The Kier molecular flexibility index (Phi) is 3.04. The quantitative estimate of drug-likeness (QED) is 0.532. The van der Waals surface area contributed by atoms with Gasteiger partial charge in [0.05, 0.1) is 12.2 Å². The Bertz CT molecular complexity index is 621. The van der Waals surface area contributed by atoms with Gasteiger partial charge < -0.3 is 29.5 Å². The molecule has 4 fully saturated rings. The summed E-state index contributed by atoms with van der Waals surface area (Å²) in [5, 5.41) is 33.7. The first-order valence-electron chi connectivity index (χ1n) is 8.21. The van der Waals surface area contributed by atoms with Crippen LogP contribution in [0.1, 0.15) is 26.2 Å². The van der Waals surface area contributed by atoms with Crippen LogP contribution < -0.4 is 0 Å². The molecule has 0 aromatic rings. The smallest absolute Gasteiger partial charge is 0.336 e. The molecule has 0 unspecified atom stereocenters. The third-order valence-electron chi connectivity index (χ3n) is 7.19. The summed E-state index contributed by atoms with van der Waals surface area (Å²) >= 11 is 0. The van der Waals surface area contributed by atoms with Gasteiger partial charge in [0.2, 0.25) is 0 Å². The van der Waals surface area contributed by atoms with Gasteiger partial charge in [-0.3, -0.25) is 4.79 Å². The number of aliphatic hydroxyl groups excluding tert-OH is 1. The predicted octanol–water partition coefficient (Wildman–Crippen LogP) is -1.26. The zero-order valence-corrected chi connectivity index (χ0v) is 13.7. The van der Waals surface area contributed by atoms with Gasteiger partial charge in [0.25, 0.3) is 0 Å². The van der Waals surface area contributed by atoms with Crippen molar-refractivity contribution in [2.75, 3.05) is 20.3 Å². The maximum absolute atomic E-state index is 12.5. The molecule has 7 atom stereocenters. The van der Waals surface area contributed by atoms with Gasteiger partial charge in [-0.25, -0.2) is 4.79 Å². The molecule has 0 amide bonds. The molecule has 4 aliphatic rings. The van der Waals surface area contributed by atoms with E-state index in [1.807, 2.05) is 6.92 Å². The molecule has 134 valence electrons. The van der Waals surface area contributed by atoms with Crippen molar-refractivity contribution in [3.8, 4) is 0 Å². The lowest BCUT2D eigenvalue weighted by atomic mass is 9.42. The lowest BCUT2D eigenvalue weighted by molar-refractivity contribution is -0.369. The molecule has 0 radical (unpaired) electrons. The molecule has 2 spiro atoms. The maximum atomic E-state index is 12.5. The van der Waals surface area contributed by atoms with Gasteiger partial charge >= 0.3 is 11.9 Å². The molecule has 4 rings (SSSR count). The van der Waals surface area contributed by atoms with Crippen LogP contribution in [0.5, 0.6) is 0 Å². The van der Waals surface area contributed by atoms with E-state index in [4.69, 9.17) is 14.2 Å². The molecule has 2 bridgehead atoms. The monoisotopic (exact) mass is 342 g/mol. The van der Waals surface area contributed by atoms with Gasteiger partial charge in [-0.15, -0.1) is 0 Å². The fraction of sp³-hybridized carbons (Fsp3) is 0.875. The number of carbonyl (C=O) groups excluding carboxylic acids is 2. The molecule has 2 heterocycles. The molecule has 2 saturated heterocycles. The van der Waals surface area contributed by atoms with Crippen LogP contribution in [0, 0.1) is 16.7 Å². The second-order valence-corrected chi connectivity index (χ2v) is 7.71. The topological polar surface area (TPSA) is 123 Å². The minimum atomic E-state index is -1.91. The Labute approximate surface area is 138 Å². The number of cyclic esters (lactones) is 1. The van der Waals surface area contributed by atoms with Crippen LogP contribution in [-0.4, -0.2) is 71.0 Å². The van der Waals surface area contributed by atoms with Gasteiger partial charge in [0.1, 0.15) is 18.3 Å². The van der Waals surface area contributed by atoms with Gasteiger partial charge in [0, 0.05) is 12.5 Å². The Morgan fingerprint density at radius 3 is 2.58 bits per heavy atom. The first-order chi connectivity index (χ1) is 11.2. The highest BCUT2D eigenvalue weighted by molar-refractivity contribution is 5.88. The van der Waals surface area contributed by atoms with E-state index in [-0.39, 0.29) is 32.0 Å². The van der Waals surface area contributed by atoms with Gasteiger partial charge in [-0.2, -0.15) is 0 Å². The highest BCUT2D eigenvalue weighted by Crippen LogP contribution is 2.72. The number of carbonyl (C=O) groups is 2. The fourth-order valence-corrected chi connectivity index (χ4v) is 5.88. The molecular formula is C16H22O8. The van der Waals surface area contributed by atoms with Crippen molar-refractivity contribution < 1.29 is 39.1 Å².